The van der Waals surface area contributed by atoms with E-state index in [0.717, 1.165) is 25.9 Å². The zero-order valence-corrected chi connectivity index (χ0v) is 13.4. The lowest BCUT2D eigenvalue weighted by Crippen LogP contribution is -2.50. The predicted octanol–water partition coefficient (Wildman–Crippen LogP) is 1.51. The molecule has 0 aromatic rings. The van der Waals surface area contributed by atoms with Gasteiger partial charge in [0.2, 0.25) is 5.91 Å². The Hall–Kier alpha value is -0.0300. The van der Waals surface area contributed by atoms with Gasteiger partial charge in [-0.1, -0.05) is 0 Å². The highest BCUT2D eigenvalue weighted by Crippen LogP contribution is 2.17. The van der Waals surface area contributed by atoms with Crippen LogP contribution in [0.5, 0.6) is 0 Å². The summed E-state index contributed by atoms with van der Waals surface area (Å²) in [5, 5.41) is 0. The Bertz CT molecular complexity index is 241. The number of hydrogen-bond donors (Lipinski definition) is 1. The van der Waals surface area contributed by atoms with Crippen LogP contribution in [0.15, 0.2) is 0 Å². The summed E-state index contributed by atoms with van der Waals surface area (Å²) in [4.78, 5) is 16.0. The molecule has 0 spiro atoms. The smallest absolute Gasteiger partial charge is 0.239 e. The Labute approximate surface area is 123 Å². The molecule has 1 amide bonds. The summed E-state index contributed by atoms with van der Waals surface area (Å²) in [5.41, 5.74) is 5.62. The van der Waals surface area contributed by atoms with E-state index in [-0.39, 0.29) is 36.8 Å². The Morgan fingerprint density at radius 2 is 1.67 bits per heavy atom. The fourth-order valence-electron chi connectivity index (χ4n) is 2.29. The van der Waals surface area contributed by atoms with Crippen LogP contribution in [0.25, 0.3) is 0 Å². The van der Waals surface area contributed by atoms with E-state index in [1.54, 1.807) is 6.92 Å². The third-order valence-corrected chi connectivity index (χ3v) is 3.51. The van der Waals surface area contributed by atoms with Gasteiger partial charge in [-0.2, -0.15) is 0 Å². The average Bonchev–Trinajstić information content (AvgIpc) is 2.27. The number of hydrogen-bond acceptors (Lipinski definition) is 3. The Balaban J connectivity index is 0. The lowest BCUT2D eigenvalue weighted by molar-refractivity contribution is -0.133. The van der Waals surface area contributed by atoms with Gasteiger partial charge in [-0.05, 0) is 33.6 Å². The van der Waals surface area contributed by atoms with Crippen LogP contribution in [0.1, 0.15) is 33.6 Å². The molecule has 1 atom stereocenters. The number of nitrogens with zero attached hydrogens (tertiary/aromatic N) is 2. The first-order valence-electron chi connectivity index (χ1n) is 6.19. The molecule has 1 rings (SSSR count). The molecule has 2 N–H and O–H groups in total. The van der Waals surface area contributed by atoms with Gasteiger partial charge in [0.1, 0.15) is 0 Å². The van der Waals surface area contributed by atoms with Crippen molar-refractivity contribution in [3.05, 3.63) is 0 Å². The molecule has 4 nitrogen and oxygen atoms in total. The topological polar surface area (TPSA) is 49.6 Å². The second-order valence-corrected chi connectivity index (χ2v) is 5.10. The number of rotatable bonds is 3. The lowest BCUT2D eigenvalue weighted by atomic mass is 10.0. The quantitative estimate of drug-likeness (QED) is 0.859. The summed E-state index contributed by atoms with van der Waals surface area (Å²) in [6, 6.07) is 0.594. The molecule has 0 saturated carbocycles. The molecule has 0 aromatic carbocycles. The number of nitrogens with two attached hydrogens (primary N) is 1. The summed E-state index contributed by atoms with van der Waals surface area (Å²) < 4.78 is 0. The van der Waals surface area contributed by atoms with Crippen LogP contribution in [0, 0.1) is 0 Å². The van der Waals surface area contributed by atoms with Crippen LogP contribution in [-0.2, 0) is 4.79 Å². The van der Waals surface area contributed by atoms with Crippen molar-refractivity contribution in [2.75, 3.05) is 20.1 Å². The molecule has 0 aromatic heterocycles. The fraction of sp³-hybridized carbons (Fsp3) is 0.917. The van der Waals surface area contributed by atoms with Gasteiger partial charge in [0, 0.05) is 32.2 Å². The molecule has 1 aliphatic rings. The number of amides is 1. The van der Waals surface area contributed by atoms with Gasteiger partial charge in [-0.25, -0.2) is 0 Å². The van der Waals surface area contributed by atoms with E-state index >= 15 is 0 Å². The van der Waals surface area contributed by atoms with Crippen molar-refractivity contribution in [2.24, 2.45) is 5.73 Å². The number of carbonyl (C=O) groups is 1. The van der Waals surface area contributed by atoms with E-state index < -0.39 is 0 Å². The molecule has 0 bridgehead atoms. The SMILES string of the molecule is CC(C)N1CCC(N(C)C(=O)[C@H](C)N)CC1.Cl.Cl. The first kappa shape index (κ1) is 20.3. The number of likely N-dealkylation sites (N-methyl/N-ethyl adjacent to an activating group) is 1. The van der Waals surface area contributed by atoms with Crippen LogP contribution < -0.4 is 5.73 Å². The normalized spacial score (nSPS) is 18.8. The molecular formula is C12H27Cl2N3O. The van der Waals surface area contributed by atoms with E-state index in [2.05, 4.69) is 18.7 Å². The van der Waals surface area contributed by atoms with Crippen molar-refractivity contribution >= 4 is 30.7 Å². The minimum absolute atomic E-state index is 0. The highest BCUT2D eigenvalue weighted by Gasteiger charge is 2.27. The highest BCUT2D eigenvalue weighted by atomic mass is 35.5. The van der Waals surface area contributed by atoms with Crippen molar-refractivity contribution in [1.82, 2.24) is 9.80 Å². The van der Waals surface area contributed by atoms with Crippen molar-refractivity contribution in [1.29, 1.82) is 0 Å². The van der Waals surface area contributed by atoms with Crippen LogP contribution in [0.2, 0.25) is 0 Å². The zero-order chi connectivity index (χ0) is 12.3. The van der Waals surface area contributed by atoms with Gasteiger partial charge in [0.15, 0.2) is 0 Å². The van der Waals surface area contributed by atoms with E-state index in [1.807, 2.05) is 11.9 Å². The third kappa shape index (κ3) is 5.31. The maximum Gasteiger partial charge on any atom is 0.239 e. The first-order chi connectivity index (χ1) is 7.43. The van der Waals surface area contributed by atoms with Gasteiger partial charge in [0.05, 0.1) is 6.04 Å². The van der Waals surface area contributed by atoms with E-state index in [0.29, 0.717) is 12.1 Å². The molecule has 1 aliphatic heterocycles. The zero-order valence-electron chi connectivity index (χ0n) is 11.8. The third-order valence-electron chi connectivity index (χ3n) is 3.51. The van der Waals surface area contributed by atoms with Gasteiger partial charge in [0.25, 0.3) is 0 Å². The fourth-order valence-corrected chi connectivity index (χ4v) is 2.29. The number of likely N-dealkylation sites (tertiary alicyclic amines) is 1. The molecule has 6 heteroatoms. The Kier molecular flexibility index (Phi) is 10.1. The molecule has 18 heavy (non-hydrogen) atoms. The summed E-state index contributed by atoms with van der Waals surface area (Å²) in [6.45, 7) is 8.36. The van der Waals surface area contributed by atoms with Gasteiger partial charge in [-0.15, -0.1) is 24.8 Å². The second-order valence-electron chi connectivity index (χ2n) is 5.10. The molecule has 1 saturated heterocycles. The molecule has 0 aliphatic carbocycles. The molecular weight excluding hydrogens is 273 g/mol. The molecule has 0 unspecified atom stereocenters. The van der Waals surface area contributed by atoms with Crippen LogP contribution in [0.4, 0.5) is 0 Å². The first-order valence-corrected chi connectivity index (χ1v) is 6.19. The van der Waals surface area contributed by atoms with Crippen molar-refractivity contribution in [3.8, 4) is 0 Å². The minimum Gasteiger partial charge on any atom is -0.341 e. The van der Waals surface area contributed by atoms with Crippen molar-refractivity contribution < 1.29 is 4.79 Å². The minimum atomic E-state index is -0.381. The van der Waals surface area contributed by atoms with E-state index in [1.165, 1.54) is 0 Å². The van der Waals surface area contributed by atoms with Crippen LogP contribution >= 0.6 is 24.8 Å². The lowest BCUT2D eigenvalue weighted by Gasteiger charge is -2.39. The maximum absolute atomic E-state index is 11.7. The average molecular weight is 300 g/mol. The summed E-state index contributed by atoms with van der Waals surface area (Å²) >= 11 is 0. The van der Waals surface area contributed by atoms with Gasteiger partial charge in [-0.3, -0.25) is 4.79 Å². The predicted molar refractivity (Wildman–Crippen MR) is 80.6 cm³/mol. The summed E-state index contributed by atoms with van der Waals surface area (Å²) in [7, 11) is 1.88. The van der Waals surface area contributed by atoms with Crippen LogP contribution in [0.3, 0.4) is 0 Å². The Morgan fingerprint density at radius 3 is 2.00 bits per heavy atom. The van der Waals surface area contributed by atoms with Gasteiger partial charge >= 0.3 is 0 Å². The van der Waals surface area contributed by atoms with Crippen LogP contribution in [-0.4, -0.2) is 54.0 Å². The number of halogens is 2. The van der Waals surface area contributed by atoms with Crippen molar-refractivity contribution in [2.45, 2.75) is 51.7 Å². The number of carbonyl (C=O) groups excluding carboxylic acids is 1. The highest BCUT2D eigenvalue weighted by molar-refractivity contribution is 5.85. The summed E-state index contributed by atoms with van der Waals surface area (Å²) in [5.74, 6) is 0.0583. The molecule has 1 fully saturated rings. The molecule has 0 radical (unpaired) electrons. The molecule has 1 heterocycles. The maximum atomic E-state index is 11.7. The standard InChI is InChI=1S/C12H25N3O.2ClH/c1-9(2)15-7-5-11(6-8-15)14(4)12(16)10(3)13;;/h9-11H,5-8,13H2,1-4H3;2*1H/t10-;;/m0../s1. The summed E-state index contributed by atoms with van der Waals surface area (Å²) in [6.07, 6.45) is 2.13. The molecule has 110 valence electrons. The van der Waals surface area contributed by atoms with Gasteiger partial charge < -0.3 is 15.5 Å². The largest absolute Gasteiger partial charge is 0.341 e. The van der Waals surface area contributed by atoms with Crippen molar-refractivity contribution in [3.63, 3.8) is 0 Å². The monoisotopic (exact) mass is 299 g/mol. The van der Waals surface area contributed by atoms with E-state index in [4.69, 9.17) is 5.73 Å². The second kappa shape index (κ2) is 8.97. The van der Waals surface area contributed by atoms with E-state index in [9.17, 15) is 4.79 Å². The Morgan fingerprint density at radius 1 is 1.22 bits per heavy atom. The number of piperidine rings is 1.